The Morgan fingerprint density at radius 1 is 1.07 bits per heavy atom. The van der Waals surface area contributed by atoms with Gasteiger partial charge in [-0.25, -0.2) is 12.7 Å². The normalized spacial score (nSPS) is 17.9. The molecule has 1 saturated heterocycles. The third-order valence-corrected chi connectivity index (χ3v) is 7.54. The van der Waals surface area contributed by atoms with Crippen LogP contribution in [-0.2, 0) is 14.8 Å². The standard InChI is InChI=1S/C23H30N2O3S/c1-2-16-29(27,28)25-15-9-14-21(18-25)23(26)24-17-22(19-10-5-3-6-11-19)20-12-7-4-8-13-20/h3-8,10-13,21-22H,2,9,14-18H2,1H3,(H,24,26). The molecule has 3 rings (SSSR count). The predicted octanol–water partition coefficient (Wildman–Crippen LogP) is 3.39. The minimum atomic E-state index is -3.26. The largest absolute Gasteiger partial charge is 0.355 e. The summed E-state index contributed by atoms with van der Waals surface area (Å²) in [5.74, 6) is -0.142. The summed E-state index contributed by atoms with van der Waals surface area (Å²) in [6, 6.07) is 20.3. The zero-order valence-electron chi connectivity index (χ0n) is 17.0. The molecule has 0 aromatic heterocycles. The summed E-state index contributed by atoms with van der Waals surface area (Å²) in [7, 11) is -3.26. The smallest absolute Gasteiger partial charge is 0.224 e. The lowest BCUT2D eigenvalue weighted by Gasteiger charge is -2.31. The van der Waals surface area contributed by atoms with Crippen LogP contribution in [0.4, 0.5) is 0 Å². The number of nitrogens with one attached hydrogen (secondary N) is 1. The Kier molecular flexibility index (Phi) is 7.45. The van der Waals surface area contributed by atoms with Crippen LogP contribution >= 0.6 is 0 Å². The zero-order valence-corrected chi connectivity index (χ0v) is 17.8. The number of carbonyl (C=O) groups is 1. The topological polar surface area (TPSA) is 66.5 Å². The highest BCUT2D eigenvalue weighted by molar-refractivity contribution is 7.89. The van der Waals surface area contributed by atoms with Gasteiger partial charge in [-0.15, -0.1) is 0 Å². The van der Waals surface area contributed by atoms with E-state index in [0.717, 1.165) is 24.0 Å². The van der Waals surface area contributed by atoms with E-state index in [9.17, 15) is 13.2 Å². The van der Waals surface area contributed by atoms with Crippen LogP contribution in [0, 0.1) is 5.92 Å². The van der Waals surface area contributed by atoms with Gasteiger partial charge in [0.05, 0.1) is 11.7 Å². The molecule has 0 radical (unpaired) electrons. The number of sulfonamides is 1. The fourth-order valence-electron chi connectivity index (χ4n) is 3.94. The van der Waals surface area contributed by atoms with Crippen molar-refractivity contribution in [2.24, 2.45) is 5.92 Å². The number of hydrogen-bond acceptors (Lipinski definition) is 3. The molecule has 2 aromatic carbocycles. The molecule has 1 amide bonds. The van der Waals surface area contributed by atoms with Gasteiger partial charge in [-0.3, -0.25) is 4.79 Å². The van der Waals surface area contributed by atoms with Gasteiger partial charge < -0.3 is 5.32 Å². The summed E-state index contributed by atoms with van der Waals surface area (Å²) in [5.41, 5.74) is 2.30. The van der Waals surface area contributed by atoms with Gasteiger partial charge >= 0.3 is 0 Å². The summed E-state index contributed by atoms with van der Waals surface area (Å²) < 4.78 is 26.3. The molecule has 1 aliphatic heterocycles. The quantitative estimate of drug-likeness (QED) is 0.720. The fourth-order valence-corrected chi connectivity index (χ4v) is 5.53. The molecule has 0 spiro atoms. The average molecular weight is 415 g/mol. The van der Waals surface area contributed by atoms with Gasteiger partial charge in [-0.2, -0.15) is 0 Å². The van der Waals surface area contributed by atoms with Gasteiger partial charge in [0.25, 0.3) is 0 Å². The first kappa shape index (κ1) is 21.5. The number of rotatable bonds is 8. The van der Waals surface area contributed by atoms with Crippen molar-refractivity contribution in [1.82, 2.24) is 9.62 Å². The Hall–Kier alpha value is -2.18. The molecule has 1 N–H and O–H groups in total. The second-order valence-corrected chi connectivity index (χ2v) is 9.72. The second-order valence-electron chi connectivity index (χ2n) is 7.63. The predicted molar refractivity (Wildman–Crippen MR) is 116 cm³/mol. The average Bonchev–Trinajstić information content (AvgIpc) is 2.75. The Balaban J connectivity index is 1.67. The van der Waals surface area contributed by atoms with Gasteiger partial charge in [0, 0.05) is 25.6 Å². The number of nitrogens with zero attached hydrogens (tertiary/aromatic N) is 1. The Morgan fingerprint density at radius 2 is 1.66 bits per heavy atom. The van der Waals surface area contributed by atoms with Crippen LogP contribution in [0.15, 0.2) is 60.7 Å². The van der Waals surface area contributed by atoms with Crippen molar-refractivity contribution in [3.05, 3.63) is 71.8 Å². The summed E-state index contributed by atoms with van der Waals surface area (Å²) in [6.07, 6.45) is 2.04. The molecular formula is C23H30N2O3S. The van der Waals surface area contributed by atoms with Gasteiger partial charge in [0.15, 0.2) is 0 Å². The Labute approximate surface area is 174 Å². The van der Waals surface area contributed by atoms with Crippen molar-refractivity contribution >= 4 is 15.9 Å². The SMILES string of the molecule is CCCS(=O)(=O)N1CCCC(C(=O)NCC(c2ccccc2)c2ccccc2)C1. The van der Waals surface area contributed by atoms with Gasteiger partial charge in [0.1, 0.15) is 0 Å². The molecule has 29 heavy (non-hydrogen) atoms. The van der Waals surface area contributed by atoms with Crippen LogP contribution in [-0.4, -0.2) is 44.0 Å². The molecule has 156 valence electrons. The second kappa shape index (κ2) is 10.0. The Morgan fingerprint density at radius 3 is 2.21 bits per heavy atom. The van der Waals surface area contributed by atoms with Crippen LogP contribution in [0.5, 0.6) is 0 Å². The lowest BCUT2D eigenvalue weighted by molar-refractivity contribution is -0.126. The molecule has 5 nitrogen and oxygen atoms in total. The molecular weight excluding hydrogens is 384 g/mol. The summed E-state index contributed by atoms with van der Waals surface area (Å²) in [6.45, 7) is 3.16. The van der Waals surface area contributed by atoms with Crippen molar-refractivity contribution in [1.29, 1.82) is 0 Å². The fraction of sp³-hybridized carbons (Fsp3) is 0.435. The van der Waals surface area contributed by atoms with Crippen LogP contribution in [0.3, 0.4) is 0 Å². The summed E-state index contributed by atoms with van der Waals surface area (Å²) >= 11 is 0. The maximum Gasteiger partial charge on any atom is 0.224 e. The first-order valence-corrected chi connectivity index (χ1v) is 12.0. The first-order chi connectivity index (χ1) is 14.0. The van der Waals surface area contributed by atoms with E-state index in [1.807, 2.05) is 43.3 Å². The van der Waals surface area contributed by atoms with Gasteiger partial charge in [-0.05, 0) is 30.4 Å². The van der Waals surface area contributed by atoms with E-state index in [2.05, 4.69) is 29.6 Å². The van der Waals surface area contributed by atoms with Crippen molar-refractivity contribution in [2.45, 2.75) is 32.1 Å². The molecule has 6 heteroatoms. The van der Waals surface area contributed by atoms with Crippen LogP contribution < -0.4 is 5.32 Å². The van der Waals surface area contributed by atoms with E-state index < -0.39 is 10.0 Å². The monoisotopic (exact) mass is 414 g/mol. The molecule has 1 fully saturated rings. The third kappa shape index (κ3) is 5.67. The number of hydrogen-bond donors (Lipinski definition) is 1. The number of amides is 1. The minimum Gasteiger partial charge on any atom is -0.355 e. The molecule has 2 aromatic rings. The lowest BCUT2D eigenvalue weighted by Crippen LogP contribution is -2.46. The molecule has 0 bridgehead atoms. The highest BCUT2D eigenvalue weighted by Gasteiger charge is 2.32. The first-order valence-electron chi connectivity index (χ1n) is 10.4. The molecule has 1 unspecified atom stereocenters. The van der Waals surface area contributed by atoms with E-state index in [-0.39, 0.29) is 30.0 Å². The van der Waals surface area contributed by atoms with Gasteiger partial charge in [-0.1, -0.05) is 67.6 Å². The minimum absolute atomic E-state index is 0.0572. The molecule has 1 atom stereocenters. The van der Waals surface area contributed by atoms with E-state index >= 15 is 0 Å². The van der Waals surface area contributed by atoms with Crippen molar-refractivity contribution < 1.29 is 13.2 Å². The summed E-state index contributed by atoms with van der Waals surface area (Å²) in [4.78, 5) is 12.9. The number of benzene rings is 2. The van der Waals surface area contributed by atoms with E-state index in [0.29, 0.717) is 19.5 Å². The summed E-state index contributed by atoms with van der Waals surface area (Å²) in [5, 5.41) is 3.09. The lowest BCUT2D eigenvalue weighted by atomic mass is 9.91. The number of piperidine rings is 1. The molecule has 0 saturated carbocycles. The maximum atomic E-state index is 12.9. The highest BCUT2D eigenvalue weighted by atomic mass is 32.2. The van der Waals surface area contributed by atoms with Crippen LogP contribution in [0.2, 0.25) is 0 Å². The van der Waals surface area contributed by atoms with Crippen molar-refractivity contribution in [2.75, 3.05) is 25.4 Å². The van der Waals surface area contributed by atoms with Crippen LogP contribution in [0.25, 0.3) is 0 Å². The van der Waals surface area contributed by atoms with Gasteiger partial charge in [0.2, 0.25) is 15.9 Å². The maximum absolute atomic E-state index is 12.9. The number of carbonyl (C=O) groups excluding carboxylic acids is 1. The highest BCUT2D eigenvalue weighted by Crippen LogP contribution is 2.25. The molecule has 1 heterocycles. The Bertz CT molecular complexity index is 845. The van der Waals surface area contributed by atoms with E-state index in [4.69, 9.17) is 0 Å². The third-order valence-electron chi connectivity index (χ3n) is 5.49. The van der Waals surface area contributed by atoms with E-state index in [1.54, 1.807) is 0 Å². The van der Waals surface area contributed by atoms with E-state index in [1.165, 1.54) is 4.31 Å². The molecule has 1 aliphatic rings. The van der Waals surface area contributed by atoms with Crippen molar-refractivity contribution in [3.8, 4) is 0 Å². The molecule has 0 aliphatic carbocycles. The van der Waals surface area contributed by atoms with Crippen molar-refractivity contribution in [3.63, 3.8) is 0 Å². The van der Waals surface area contributed by atoms with Crippen LogP contribution in [0.1, 0.15) is 43.2 Å². The zero-order chi connectivity index (χ0) is 20.7.